The van der Waals surface area contributed by atoms with E-state index in [1.54, 1.807) is 6.07 Å². The molecule has 3 N–H and O–H groups in total. The fourth-order valence-corrected chi connectivity index (χ4v) is 1.20. The molecule has 0 radical (unpaired) electrons. The van der Waals surface area contributed by atoms with Crippen molar-refractivity contribution in [1.82, 2.24) is 0 Å². The Kier molecular flexibility index (Phi) is 3.88. The number of carboxylic acids is 1. The summed E-state index contributed by atoms with van der Waals surface area (Å²) in [5, 5.41) is 20.7. The van der Waals surface area contributed by atoms with E-state index in [1.807, 2.05) is 0 Å². The molecule has 0 amide bonds. The van der Waals surface area contributed by atoms with Crippen LogP contribution < -0.4 is 5.32 Å². The summed E-state index contributed by atoms with van der Waals surface area (Å²) in [4.78, 5) is 10.6. The van der Waals surface area contributed by atoms with Crippen LogP contribution in [0.4, 0.5) is 10.1 Å². The average molecular weight is 292 g/mol. The Bertz CT molecular complexity index is 409. The first kappa shape index (κ1) is 12.9. The van der Waals surface area contributed by atoms with Gasteiger partial charge < -0.3 is 15.5 Å². The topological polar surface area (TPSA) is 69.6 Å². The summed E-state index contributed by atoms with van der Waals surface area (Å²) < 4.78 is 13.4. The molecule has 0 fully saturated rings. The van der Waals surface area contributed by atoms with Crippen LogP contribution in [0.2, 0.25) is 0 Å². The normalized spacial score (nSPS) is 14.2. The van der Waals surface area contributed by atoms with Crippen LogP contribution in [0.3, 0.4) is 0 Å². The number of hydrogen-bond donors (Lipinski definition) is 3. The van der Waals surface area contributed by atoms with Crippen molar-refractivity contribution in [2.24, 2.45) is 0 Å². The number of aliphatic hydroxyl groups is 1. The fraction of sp³-hybridized carbons (Fsp3) is 0.300. The highest BCUT2D eigenvalue weighted by Gasteiger charge is 2.29. The number of aliphatic carboxylic acids is 1. The predicted octanol–water partition coefficient (Wildman–Crippen LogP) is 1.84. The monoisotopic (exact) mass is 291 g/mol. The van der Waals surface area contributed by atoms with E-state index < -0.39 is 17.4 Å². The number of rotatable bonds is 4. The Morgan fingerprint density at radius 1 is 1.62 bits per heavy atom. The first-order chi connectivity index (χ1) is 7.33. The second-order valence-corrected chi connectivity index (χ2v) is 4.42. The maximum atomic E-state index is 13.1. The second-order valence-electron chi connectivity index (χ2n) is 3.56. The Morgan fingerprint density at radius 3 is 2.75 bits per heavy atom. The van der Waals surface area contributed by atoms with Gasteiger partial charge in [-0.3, -0.25) is 0 Å². The van der Waals surface area contributed by atoms with Crippen molar-refractivity contribution in [3.05, 3.63) is 28.5 Å². The highest BCUT2D eigenvalue weighted by molar-refractivity contribution is 9.10. The maximum absolute atomic E-state index is 13.1. The number of halogens is 2. The van der Waals surface area contributed by atoms with Gasteiger partial charge in [-0.25, -0.2) is 9.18 Å². The van der Waals surface area contributed by atoms with Crippen LogP contribution in [0.5, 0.6) is 0 Å². The van der Waals surface area contributed by atoms with Gasteiger partial charge in [0.05, 0.1) is 11.0 Å². The van der Waals surface area contributed by atoms with Crippen LogP contribution in [0.25, 0.3) is 0 Å². The van der Waals surface area contributed by atoms with E-state index in [9.17, 15) is 14.3 Å². The maximum Gasteiger partial charge on any atom is 0.337 e. The van der Waals surface area contributed by atoms with Gasteiger partial charge in [0.1, 0.15) is 5.82 Å². The van der Waals surface area contributed by atoms with E-state index in [-0.39, 0.29) is 6.54 Å². The van der Waals surface area contributed by atoms with Crippen LogP contribution in [0.1, 0.15) is 6.92 Å². The molecule has 0 saturated carbocycles. The minimum atomic E-state index is -1.89. The summed E-state index contributed by atoms with van der Waals surface area (Å²) in [5.41, 5.74) is -1.48. The zero-order chi connectivity index (χ0) is 12.3. The third kappa shape index (κ3) is 3.18. The molecule has 0 aromatic heterocycles. The first-order valence-electron chi connectivity index (χ1n) is 4.47. The van der Waals surface area contributed by atoms with Crippen molar-refractivity contribution in [2.75, 3.05) is 11.9 Å². The lowest BCUT2D eigenvalue weighted by atomic mass is 10.1. The van der Waals surface area contributed by atoms with Crippen molar-refractivity contribution in [1.29, 1.82) is 0 Å². The molecule has 88 valence electrons. The summed E-state index contributed by atoms with van der Waals surface area (Å²) >= 11 is 3.00. The van der Waals surface area contributed by atoms with Crippen molar-refractivity contribution in [3.8, 4) is 0 Å². The lowest BCUT2D eigenvalue weighted by molar-refractivity contribution is -0.155. The fourth-order valence-electron chi connectivity index (χ4n) is 0.956. The van der Waals surface area contributed by atoms with Gasteiger partial charge in [0, 0.05) is 5.69 Å². The molecule has 0 aliphatic rings. The quantitative estimate of drug-likeness (QED) is 0.792. The molecule has 0 aliphatic carbocycles. The summed E-state index contributed by atoms with van der Waals surface area (Å²) in [7, 11) is 0. The van der Waals surface area contributed by atoms with Crippen LogP contribution in [-0.4, -0.2) is 28.3 Å². The van der Waals surface area contributed by atoms with Crippen molar-refractivity contribution in [3.63, 3.8) is 0 Å². The van der Waals surface area contributed by atoms with Gasteiger partial charge in [-0.15, -0.1) is 0 Å². The number of benzene rings is 1. The molecule has 0 saturated heterocycles. The molecule has 0 heterocycles. The zero-order valence-electron chi connectivity index (χ0n) is 8.50. The largest absolute Gasteiger partial charge is 0.479 e. The molecule has 1 aromatic rings. The van der Waals surface area contributed by atoms with Gasteiger partial charge in [-0.2, -0.15) is 0 Å². The average Bonchev–Trinajstić information content (AvgIpc) is 2.20. The number of nitrogens with one attached hydrogen (secondary N) is 1. The molecule has 0 bridgehead atoms. The molecule has 4 nitrogen and oxygen atoms in total. The summed E-state index contributed by atoms with van der Waals surface area (Å²) in [5.74, 6) is -1.79. The van der Waals surface area contributed by atoms with Crippen LogP contribution in [0.15, 0.2) is 22.7 Å². The predicted molar refractivity (Wildman–Crippen MR) is 60.8 cm³/mol. The highest BCUT2D eigenvalue weighted by atomic mass is 79.9. The minimum absolute atomic E-state index is 0.205. The molecular formula is C10H11BrFNO3. The Balaban J connectivity index is 2.68. The van der Waals surface area contributed by atoms with Gasteiger partial charge in [-0.1, -0.05) is 0 Å². The highest BCUT2D eigenvalue weighted by Crippen LogP contribution is 2.19. The molecule has 0 spiro atoms. The van der Waals surface area contributed by atoms with Gasteiger partial charge in [0.25, 0.3) is 0 Å². The number of anilines is 1. The van der Waals surface area contributed by atoms with Gasteiger partial charge in [-0.05, 0) is 41.1 Å². The molecule has 1 unspecified atom stereocenters. The SMILES string of the molecule is CC(O)(CNc1ccc(Br)c(F)c1)C(=O)O. The van der Waals surface area contributed by atoms with Gasteiger partial charge in [0.2, 0.25) is 0 Å². The lowest BCUT2D eigenvalue weighted by Gasteiger charge is -2.19. The minimum Gasteiger partial charge on any atom is -0.479 e. The molecule has 1 aromatic carbocycles. The number of carboxylic acid groups (broad SMARTS) is 1. The van der Waals surface area contributed by atoms with Crippen molar-refractivity contribution < 1.29 is 19.4 Å². The molecule has 6 heteroatoms. The van der Waals surface area contributed by atoms with E-state index in [0.29, 0.717) is 10.2 Å². The standard InChI is InChI=1S/C10H11BrFNO3/c1-10(16,9(14)15)5-13-6-2-3-7(11)8(12)4-6/h2-4,13,16H,5H2,1H3,(H,14,15). The molecule has 0 aliphatic heterocycles. The van der Waals surface area contributed by atoms with Crippen molar-refractivity contribution >= 4 is 27.6 Å². The lowest BCUT2D eigenvalue weighted by Crippen LogP contribution is -2.41. The summed E-state index contributed by atoms with van der Waals surface area (Å²) in [6.45, 7) is 0.959. The van der Waals surface area contributed by atoms with Crippen LogP contribution in [-0.2, 0) is 4.79 Å². The molecular weight excluding hydrogens is 281 g/mol. The summed E-state index contributed by atoms with van der Waals surface area (Å²) in [6, 6.07) is 4.28. The van der Waals surface area contributed by atoms with E-state index in [2.05, 4.69) is 21.2 Å². The van der Waals surface area contributed by atoms with Crippen molar-refractivity contribution in [2.45, 2.75) is 12.5 Å². The smallest absolute Gasteiger partial charge is 0.337 e. The van der Waals surface area contributed by atoms with Crippen LogP contribution >= 0.6 is 15.9 Å². The Labute approximate surface area is 100 Å². The summed E-state index contributed by atoms with van der Waals surface area (Å²) in [6.07, 6.45) is 0. The molecule has 1 rings (SSSR count). The van der Waals surface area contributed by atoms with E-state index in [4.69, 9.17) is 5.11 Å². The van der Waals surface area contributed by atoms with E-state index >= 15 is 0 Å². The third-order valence-corrected chi connectivity index (χ3v) is 2.66. The van der Waals surface area contributed by atoms with Crippen LogP contribution in [0, 0.1) is 5.82 Å². The second kappa shape index (κ2) is 4.80. The number of hydrogen-bond acceptors (Lipinski definition) is 3. The molecule has 16 heavy (non-hydrogen) atoms. The van der Waals surface area contributed by atoms with E-state index in [1.165, 1.54) is 12.1 Å². The Hall–Kier alpha value is -1.14. The third-order valence-electron chi connectivity index (χ3n) is 2.02. The van der Waals surface area contributed by atoms with Gasteiger partial charge in [0.15, 0.2) is 5.60 Å². The Morgan fingerprint density at radius 2 is 2.25 bits per heavy atom. The zero-order valence-corrected chi connectivity index (χ0v) is 10.1. The molecule has 1 atom stereocenters. The number of carbonyl (C=O) groups is 1. The van der Waals surface area contributed by atoms with E-state index in [0.717, 1.165) is 6.92 Å². The first-order valence-corrected chi connectivity index (χ1v) is 5.27. The van der Waals surface area contributed by atoms with Gasteiger partial charge >= 0.3 is 5.97 Å².